The molecule has 1 aromatic carbocycles. The fraction of sp³-hybridized carbons (Fsp3) is 0.0833. The lowest BCUT2D eigenvalue weighted by atomic mass is 10.2. The second kappa shape index (κ2) is 4.63. The molecule has 0 atom stereocenters. The predicted molar refractivity (Wildman–Crippen MR) is 66.5 cm³/mol. The average Bonchev–Trinajstić information content (AvgIpc) is 2.32. The third kappa shape index (κ3) is 2.49. The van der Waals surface area contributed by atoms with Crippen LogP contribution >= 0.6 is 0 Å². The molecule has 4 nitrogen and oxygen atoms in total. The Hall–Kier alpha value is -2.07. The van der Waals surface area contributed by atoms with Crippen molar-refractivity contribution in [3.63, 3.8) is 0 Å². The fourth-order valence-corrected chi connectivity index (χ4v) is 1.39. The molecule has 0 radical (unpaired) electrons. The standard InChI is InChI=1S/C12H14N4/c1-9-2-4-10(5-3-9)15-11-6-7-14-12(8-11)16-13/h2-8H,13H2,1H3,(H2,14,15,16). The molecule has 0 saturated heterocycles. The monoisotopic (exact) mass is 214 g/mol. The number of hydrazine groups is 1. The summed E-state index contributed by atoms with van der Waals surface area (Å²) < 4.78 is 0. The van der Waals surface area contributed by atoms with Gasteiger partial charge in [0.25, 0.3) is 0 Å². The summed E-state index contributed by atoms with van der Waals surface area (Å²) in [6.07, 6.45) is 1.70. The Balaban J connectivity index is 2.16. The predicted octanol–water partition coefficient (Wildman–Crippen LogP) is 2.42. The molecule has 0 amide bonds. The first-order chi connectivity index (χ1) is 7.78. The molecule has 2 aromatic rings. The van der Waals surface area contributed by atoms with E-state index >= 15 is 0 Å². The van der Waals surface area contributed by atoms with Gasteiger partial charge in [0.1, 0.15) is 5.82 Å². The van der Waals surface area contributed by atoms with Gasteiger partial charge in [0, 0.05) is 23.6 Å². The van der Waals surface area contributed by atoms with Crippen LogP contribution in [-0.2, 0) is 0 Å². The van der Waals surface area contributed by atoms with Crippen LogP contribution < -0.4 is 16.6 Å². The Morgan fingerprint density at radius 2 is 1.81 bits per heavy atom. The summed E-state index contributed by atoms with van der Waals surface area (Å²) in [7, 11) is 0. The maximum absolute atomic E-state index is 5.29. The highest BCUT2D eigenvalue weighted by atomic mass is 15.2. The van der Waals surface area contributed by atoms with E-state index < -0.39 is 0 Å². The van der Waals surface area contributed by atoms with Crippen LogP contribution in [0.4, 0.5) is 17.2 Å². The van der Waals surface area contributed by atoms with E-state index in [1.54, 1.807) is 6.20 Å². The van der Waals surface area contributed by atoms with Crippen LogP contribution in [0.1, 0.15) is 5.56 Å². The van der Waals surface area contributed by atoms with Crippen LogP contribution in [0.3, 0.4) is 0 Å². The van der Waals surface area contributed by atoms with E-state index in [1.807, 2.05) is 24.3 Å². The Morgan fingerprint density at radius 1 is 1.06 bits per heavy atom. The number of hydrogen-bond donors (Lipinski definition) is 3. The quantitative estimate of drug-likeness (QED) is 0.542. The van der Waals surface area contributed by atoms with Crippen LogP contribution in [0.2, 0.25) is 0 Å². The van der Waals surface area contributed by atoms with Gasteiger partial charge in [0.05, 0.1) is 0 Å². The van der Waals surface area contributed by atoms with Gasteiger partial charge in [0.15, 0.2) is 0 Å². The molecule has 0 spiro atoms. The molecule has 0 aliphatic carbocycles. The second-order valence-electron chi connectivity index (χ2n) is 3.57. The van der Waals surface area contributed by atoms with Crippen molar-refractivity contribution in [2.45, 2.75) is 6.92 Å². The normalized spacial score (nSPS) is 9.88. The van der Waals surface area contributed by atoms with Crippen molar-refractivity contribution in [2.75, 3.05) is 10.7 Å². The van der Waals surface area contributed by atoms with Crippen molar-refractivity contribution in [3.8, 4) is 0 Å². The van der Waals surface area contributed by atoms with Gasteiger partial charge in [-0.15, -0.1) is 0 Å². The average molecular weight is 214 g/mol. The van der Waals surface area contributed by atoms with Crippen molar-refractivity contribution in [2.24, 2.45) is 5.84 Å². The molecular weight excluding hydrogens is 200 g/mol. The molecule has 0 aliphatic rings. The number of rotatable bonds is 3. The van der Waals surface area contributed by atoms with E-state index in [1.165, 1.54) is 5.56 Å². The van der Waals surface area contributed by atoms with Crippen LogP contribution in [0.5, 0.6) is 0 Å². The van der Waals surface area contributed by atoms with Crippen LogP contribution in [0.15, 0.2) is 42.6 Å². The van der Waals surface area contributed by atoms with Crippen LogP contribution in [0, 0.1) is 6.92 Å². The number of benzene rings is 1. The number of nitrogens with two attached hydrogens (primary N) is 1. The Kier molecular flexibility index (Phi) is 3.03. The zero-order chi connectivity index (χ0) is 11.4. The van der Waals surface area contributed by atoms with Crippen molar-refractivity contribution < 1.29 is 0 Å². The molecule has 0 aliphatic heterocycles. The number of nitrogen functional groups attached to an aromatic ring is 1. The van der Waals surface area contributed by atoms with Gasteiger partial charge in [-0.05, 0) is 25.1 Å². The smallest absolute Gasteiger partial charge is 0.141 e. The van der Waals surface area contributed by atoms with E-state index in [0.717, 1.165) is 11.4 Å². The summed E-state index contributed by atoms with van der Waals surface area (Å²) in [6.45, 7) is 2.06. The zero-order valence-electron chi connectivity index (χ0n) is 9.07. The number of aryl methyl sites for hydroxylation is 1. The first kappa shape index (κ1) is 10.4. The first-order valence-electron chi connectivity index (χ1n) is 5.04. The molecule has 1 heterocycles. The molecule has 4 N–H and O–H groups in total. The van der Waals surface area contributed by atoms with Crippen molar-refractivity contribution >= 4 is 17.2 Å². The summed E-state index contributed by atoms with van der Waals surface area (Å²) in [5, 5.41) is 3.27. The number of hydrogen-bond acceptors (Lipinski definition) is 4. The molecule has 1 aromatic heterocycles. The number of nitrogens with one attached hydrogen (secondary N) is 2. The molecule has 16 heavy (non-hydrogen) atoms. The number of nitrogens with zero attached hydrogens (tertiary/aromatic N) is 1. The molecule has 0 unspecified atom stereocenters. The third-order valence-corrected chi connectivity index (χ3v) is 2.25. The van der Waals surface area contributed by atoms with E-state index in [9.17, 15) is 0 Å². The lowest BCUT2D eigenvalue weighted by molar-refractivity contribution is 1.23. The molecular formula is C12H14N4. The van der Waals surface area contributed by atoms with E-state index in [0.29, 0.717) is 5.82 Å². The Labute approximate surface area is 94.5 Å². The lowest BCUT2D eigenvalue weighted by Gasteiger charge is -2.07. The van der Waals surface area contributed by atoms with Crippen molar-refractivity contribution in [3.05, 3.63) is 48.2 Å². The molecule has 0 fully saturated rings. The minimum atomic E-state index is 0.636. The van der Waals surface area contributed by atoms with Crippen molar-refractivity contribution in [1.82, 2.24) is 4.98 Å². The second-order valence-corrected chi connectivity index (χ2v) is 3.57. The zero-order valence-corrected chi connectivity index (χ0v) is 9.07. The topological polar surface area (TPSA) is 63.0 Å². The SMILES string of the molecule is Cc1ccc(Nc2ccnc(NN)c2)cc1. The number of anilines is 3. The highest BCUT2D eigenvalue weighted by Crippen LogP contribution is 2.18. The van der Waals surface area contributed by atoms with Gasteiger partial charge in [0.2, 0.25) is 0 Å². The van der Waals surface area contributed by atoms with Gasteiger partial charge >= 0.3 is 0 Å². The summed E-state index contributed by atoms with van der Waals surface area (Å²) in [5.74, 6) is 5.93. The molecule has 82 valence electrons. The number of aromatic nitrogens is 1. The maximum Gasteiger partial charge on any atom is 0.141 e. The summed E-state index contributed by atoms with van der Waals surface area (Å²) in [5.41, 5.74) is 5.74. The minimum absolute atomic E-state index is 0.636. The van der Waals surface area contributed by atoms with Gasteiger partial charge < -0.3 is 10.7 Å². The van der Waals surface area contributed by atoms with Gasteiger partial charge in [-0.1, -0.05) is 17.7 Å². The van der Waals surface area contributed by atoms with Crippen molar-refractivity contribution in [1.29, 1.82) is 0 Å². The van der Waals surface area contributed by atoms with Gasteiger partial charge in [-0.3, -0.25) is 0 Å². The number of pyridine rings is 1. The highest BCUT2D eigenvalue weighted by molar-refractivity contribution is 5.62. The molecule has 0 saturated carbocycles. The maximum atomic E-state index is 5.29. The molecule has 4 heteroatoms. The summed E-state index contributed by atoms with van der Waals surface area (Å²) in [6, 6.07) is 11.9. The minimum Gasteiger partial charge on any atom is -0.355 e. The summed E-state index contributed by atoms with van der Waals surface area (Å²) >= 11 is 0. The van der Waals surface area contributed by atoms with Crippen LogP contribution in [-0.4, -0.2) is 4.98 Å². The fourth-order valence-electron chi connectivity index (χ4n) is 1.39. The van der Waals surface area contributed by atoms with Crippen LogP contribution in [0.25, 0.3) is 0 Å². The van der Waals surface area contributed by atoms with E-state index in [2.05, 4.69) is 34.8 Å². The highest BCUT2D eigenvalue weighted by Gasteiger charge is 1.96. The Bertz CT molecular complexity index is 465. The van der Waals surface area contributed by atoms with Gasteiger partial charge in [-0.25, -0.2) is 10.8 Å². The molecule has 0 bridgehead atoms. The van der Waals surface area contributed by atoms with Gasteiger partial charge in [-0.2, -0.15) is 0 Å². The Morgan fingerprint density at radius 3 is 2.50 bits per heavy atom. The summed E-state index contributed by atoms with van der Waals surface area (Å²) in [4.78, 5) is 4.04. The lowest BCUT2D eigenvalue weighted by Crippen LogP contribution is -2.08. The third-order valence-electron chi connectivity index (χ3n) is 2.25. The largest absolute Gasteiger partial charge is 0.355 e. The van der Waals surface area contributed by atoms with E-state index in [-0.39, 0.29) is 0 Å². The first-order valence-corrected chi connectivity index (χ1v) is 5.04. The van der Waals surface area contributed by atoms with E-state index in [4.69, 9.17) is 5.84 Å². The molecule has 2 rings (SSSR count).